The van der Waals surface area contributed by atoms with Crippen LogP contribution in [-0.4, -0.2) is 46.2 Å². The quantitative estimate of drug-likeness (QED) is 0.398. The van der Waals surface area contributed by atoms with Gasteiger partial charge in [0.15, 0.2) is 5.76 Å². The number of nitrogens with zero attached hydrogens (tertiary/aromatic N) is 4. The summed E-state index contributed by atoms with van der Waals surface area (Å²) >= 11 is 1.14. The van der Waals surface area contributed by atoms with Crippen LogP contribution >= 0.6 is 11.3 Å². The van der Waals surface area contributed by atoms with E-state index < -0.39 is 11.5 Å². The minimum Gasteiger partial charge on any atom is -0.488 e. The molecular weight excluding hydrogens is 472 g/mol. The van der Waals surface area contributed by atoms with E-state index in [0.717, 1.165) is 34.6 Å². The summed E-state index contributed by atoms with van der Waals surface area (Å²) in [6, 6.07) is 11.0. The lowest BCUT2D eigenvalue weighted by Crippen LogP contribution is -2.25. The van der Waals surface area contributed by atoms with Gasteiger partial charge in [-0.25, -0.2) is 9.48 Å². The predicted molar refractivity (Wildman–Crippen MR) is 129 cm³/mol. The van der Waals surface area contributed by atoms with Crippen LogP contribution in [-0.2, 0) is 11.2 Å². The maximum atomic E-state index is 12.9. The molecular formula is C23H22N6O5S. The molecule has 0 spiro atoms. The van der Waals surface area contributed by atoms with Crippen molar-refractivity contribution in [3.8, 4) is 10.9 Å². The molecule has 1 aromatic carbocycles. The summed E-state index contributed by atoms with van der Waals surface area (Å²) < 4.78 is 17.8. The first kappa shape index (κ1) is 22.7. The minimum absolute atomic E-state index is 0.0341. The number of anilines is 2. The van der Waals surface area contributed by atoms with Crippen LogP contribution in [0.1, 0.15) is 33.4 Å². The Balaban J connectivity index is 1.42. The number of ether oxygens (including phenoxy) is 2. The van der Waals surface area contributed by atoms with Crippen LogP contribution in [0.3, 0.4) is 0 Å². The van der Waals surface area contributed by atoms with E-state index in [1.54, 1.807) is 18.0 Å². The summed E-state index contributed by atoms with van der Waals surface area (Å²) in [7, 11) is 3.01. The second-order valence-electron chi connectivity index (χ2n) is 7.87. The van der Waals surface area contributed by atoms with E-state index in [2.05, 4.69) is 25.9 Å². The number of fused-ring (bicyclic) bond motifs is 1. The number of hydrogen-bond donors (Lipinski definition) is 2. The maximum absolute atomic E-state index is 12.9. The summed E-state index contributed by atoms with van der Waals surface area (Å²) in [4.78, 5) is 25.6. The first-order chi connectivity index (χ1) is 17.0. The Labute approximate surface area is 203 Å². The summed E-state index contributed by atoms with van der Waals surface area (Å²) in [5.74, 6) is -0.887. The Morgan fingerprint density at radius 3 is 2.80 bits per heavy atom. The van der Waals surface area contributed by atoms with E-state index >= 15 is 0 Å². The van der Waals surface area contributed by atoms with Crippen LogP contribution in [0.5, 0.6) is 5.75 Å². The van der Waals surface area contributed by atoms with Crippen LogP contribution in [0.15, 0.2) is 51.8 Å². The smallest absolute Gasteiger partial charge is 0.381 e. The van der Waals surface area contributed by atoms with Gasteiger partial charge in [0.25, 0.3) is 5.91 Å². The topological polar surface area (TPSA) is 133 Å². The molecule has 0 bridgehead atoms. The summed E-state index contributed by atoms with van der Waals surface area (Å²) in [5.41, 5.74) is 2.61. The van der Waals surface area contributed by atoms with Crippen molar-refractivity contribution >= 4 is 28.1 Å². The van der Waals surface area contributed by atoms with Crippen molar-refractivity contribution < 1.29 is 18.7 Å². The van der Waals surface area contributed by atoms with Crippen LogP contribution in [0, 0.1) is 6.92 Å². The van der Waals surface area contributed by atoms with Gasteiger partial charge in [-0.15, -0.1) is 10.2 Å². The van der Waals surface area contributed by atoms with E-state index in [-0.39, 0.29) is 28.8 Å². The number of hydrogen-bond acceptors (Lipinski definition) is 10. The first-order valence-electron chi connectivity index (χ1n) is 10.7. The number of amides is 1. The van der Waals surface area contributed by atoms with Gasteiger partial charge in [-0.1, -0.05) is 35.6 Å². The van der Waals surface area contributed by atoms with E-state index in [1.165, 1.54) is 13.2 Å². The van der Waals surface area contributed by atoms with E-state index in [1.807, 2.05) is 37.3 Å². The van der Waals surface area contributed by atoms with Crippen molar-refractivity contribution in [1.29, 1.82) is 0 Å². The van der Waals surface area contributed by atoms with Crippen LogP contribution < -0.4 is 21.0 Å². The second kappa shape index (κ2) is 9.31. The zero-order valence-corrected chi connectivity index (χ0v) is 20.0. The molecule has 0 fully saturated rings. The lowest BCUT2D eigenvalue weighted by Gasteiger charge is -2.23. The molecule has 11 nitrogen and oxygen atoms in total. The lowest BCUT2D eigenvalue weighted by molar-refractivity contribution is 0.0959. The molecule has 5 rings (SSSR count). The van der Waals surface area contributed by atoms with Gasteiger partial charge in [0.1, 0.15) is 0 Å². The van der Waals surface area contributed by atoms with Crippen LogP contribution in [0.25, 0.3) is 5.13 Å². The Hall–Kier alpha value is -4.03. The molecule has 180 valence electrons. The van der Waals surface area contributed by atoms with Crippen molar-refractivity contribution in [3.63, 3.8) is 0 Å². The molecule has 35 heavy (non-hydrogen) atoms. The van der Waals surface area contributed by atoms with Crippen molar-refractivity contribution in [2.24, 2.45) is 0 Å². The van der Waals surface area contributed by atoms with Gasteiger partial charge in [0.05, 0.1) is 24.9 Å². The summed E-state index contributed by atoms with van der Waals surface area (Å²) in [6.45, 7) is 1.88. The van der Waals surface area contributed by atoms with Gasteiger partial charge >= 0.3 is 5.63 Å². The van der Waals surface area contributed by atoms with Gasteiger partial charge in [-0.05, 0) is 24.1 Å². The third kappa shape index (κ3) is 4.29. The number of carbonyl (C=O) groups is 1. The molecule has 12 heteroatoms. The number of nitrogens with one attached hydrogen (secondary N) is 2. The van der Waals surface area contributed by atoms with Crippen molar-refractivity contribution in [2.75, 3.05) is 24.9 Å². The van der Waals surface area contributed by atoms with Gasteiger partial charge in [0, 0.05) is 31.5 Å². The zero-order valence-electron chi connectivity index (χ0n) is 19.1. The molecule has 1 amide bonds. The average Bonchev–Trinajstić information content (AvgIpc) is 3.57. The van der Waals surface area contributed by atoms with Crippen molar-refractivity contribution in [3.05, 3.63) is 75.6 Å². The molecule has 1 aliphatic carbocycles. The largest absolute Gasteiger partial charge is 0.488 e. The number of rotatable bonds is 7. The first-order valence-corrected chi connectivity index (χ1v) is 11.5. The average molecular weight is 495 g/mol. The molecule has 3 aromatic heterocycles. The monoisotopic (exact) mass is 494 g/mol. The van der Waals surface area contributed by atoms with E-state index in [0.29, 0.717) is 10.8 Å². The molecule has 3 heterocycles. The highest BCUT2D eigenvalue weighted by Crippen LogP contribution is 2.37. The number of methoxy groups -OCH3 is 2. The fourth-order valence-corrected chi connectivity index (χ4v) is 4.85. The Morgan fingerprint density at radius 2 is 2.06 bits per heavy atom. The number of benzene rings is 1. The minimum atomic E-state index is -0.784. The van der Waals surface area contributed by atoms with E-state index in [4.69, 9.17) is 13.9 Å². The fraction of sp³-hybridized carbons (Fsp3) is 0.261. The predicted octanol–water partition coefficient (Wildman–Crippen LogP) is 2.97. The van der Waals surface area contributed by atoms with Gasteiger partial charge in [-0.3, -0.25) is 10.1 Å². The third-order valence-electron chi connectivity index (χ3n) is 5.78. The molecule has 4 aromatic rings. The fourth-order valence-electron chi connectivity index (χ4n) is 4.09. The molecule has 2 N–H and O–H groups in total. The SMILES string of the molecule is COc1c(N[C@H]2c3ccccc3C[C@H]2OC)cc(C(=O)Nc2nnc(-n3nccc3C)s2)oc1=O. The van der Waals surface area contributed by atoms with E-state index in [9.17, 15) is 9.59 Å². The van der Waals surface area contributed by atoms with Crippen LogP contribution in [0.2, 0.25) is 0 Å². The number of aromatic nitrogens is 4. The summed E-state index contributed by atoms with van der Waals surface area (Å²) in [6.07, 6.45) is 2.20. The Bertz CT molecular complexity index is 1440. The Morgan fingerprint density at radius 1 is 1.23 bits per heavy atom. The highest BCUT2D eigenvalue weighted by Gasteiger charge is 2.33. The molecule has 0 saturated heterocycles. The third-order valence-corrected chi connectivity index (χ3v) is 6.59. The molecule has 1 aliphatic rings. The summed E-state index contributed by atoms with van der Waals surface area (Å²) in [5, 5.41) is 18.9. The van der Waals surface area contributed by atoms with Crippen molar-refractivity contribution in [2.45, 2.75) is 25.5 Å². The number of carbonyl (C=O) groups excluding carboxylic acids is 1. The highest BCUT2D eigenvalue weighted by molar-refractivity contribution is 7.17. The molecule has 0 aliphatic heterocycles. The lowest BCUT2D eigenvalue weighted by atomic mass is 10.1. The standard InChI is InChI=1S/C23H22N6O5S/c1-12-8-9-24-29(12)23-28-27-22(35-23)26-20(30)17-11-15(19(33-3)21(31)34-17)25-18-14-7-5-4-6-13(14)10-16(18)32-2/h4-9,11,16,18,25H,10H2,1-3H3,(H,26,27,30)/t16-,18+/m1/s1. The maximum Gasteiger partial charge on any atom is 0.381 e. The van der Waals surface area contributed by atoms with Crippen LogP contribution in [0.4, 0.5) is 10.8 Å². The normalized spacial score (nSPS) is 16.7. The second-order valence-corrected chi connectivity index (χ2v) is 8.83. The zero-order chi connectivity index (χ0) is 24.5. The Kier molecular flexibility index (Phi) is 6.05. The van der Waals surface area contributed by atoms with Gasteiger partial charge in [-0.2, -0.15) is 5.10 Å². The molecule has 0 saturated carbocycles. The number of aryl methyl sites for hydroxylation is 1. The van der Waals surface area contributed by atoms with Gasteiger partial charge < -0.3 is 19.2 Å². The van der Waals surface area contributed by atoms with Gasteiger partial charge in [0.2, 0.25) is 16.0 Å². The molecule has 0 radical (unpaired) electrons. The molecule has 0 unspecified atom stereocenters. The highest BCUT2D eigenvalue weighted by atomic mass is 32.1. The molecule has 2 atom stereocenters. The van der Waals surface area contributed by atoms with Crippen molar-refractivity contribution in [1.82, 2.24) is 20.0 Å².